The van der Waals surface area contributed by atoms with Gasteiger partial charge in [0.1, 0.15) is 11.9 Å². The van der Waals surface area contributed by atoms with Crippen molar-refractivity contribution >= 4 is 22.9 Å². The number of rotatable bonds is 6. The first-order valence-corrected chi connectivity index (χ1v) is 11.1. The van der Waals surface area contributed by atoms with Gasteiger partial charge in [-0.3, -0.25) is 4.79 Å². The lowest BCUT2D eigenvalue weighted by atomic mass is 9.99. The lowest BCUT2D eigenvalue weighted by Gasteiger charge is -2.38. The maximum atomic E-state index is 15.1. The summed E-state index contributed by atoms with van der Waals surface area (Å²) in [5.41, 5.74) is 1.01. The predicted octanol–water partition coefficient (Wildman–Crippen LogP) is 4.52. The van der Waals surface area contributed by atoms with Crippen LogP contribution in [0.25, 0.3) is 11.4 Å². The van der Waals surface area contributed by atoms with Crippen molar-refractivity contribution in [3.05, 3.63) is 52.3 Å². The number of likely N-dealkylation sites (N-methyl/N-ethyl adjacent to an activating group) is 1. The number of amides is 1. The van der Waals surface area contributed by atoms with Crippen LogP contribution >= 0.6 is 11.3 Å². The molecule has 1 fully saturated rings. The second-order valence-electron chi connectivity index (χ2n) is 7.51. The first-order chi connectivity index (χ1) is 14.6. The van der Waals surface area contributed by atoms with Gasteiger partial charge in [-0.05, 0) is 48.9 Å². The van der Waals surface area contributed by atoms with Crippen LogP contribution in [0.1, 0.15) is 37.0 Å². The molecular weight excluding hydrogens is 403 g/mol. The van der Waals surface area contributed by atoms with Gasteiger partial charge in [0, 0.05) is 30.5 Å². The van der Waals surface area contributed by atoms with Crippen molar-refractivity contribution in [1.29, 1.82) is 0 Å². The molecule has 0 bridgehead atoms. The Bertz CT molecular complexity index is 1000. The van der Waals surface area contributed by atoms with Gasteiger partial charge in [-0.25, -0.2) is 4.39 Å². The second kappa shape index (κ2) is 8.95. The van der Waals surface area contributed by atoms with Gasteiger partial charge in [0.2, 0.25) is 17.6 Å². The highest BCUT2D eigenvalue weighted by molar-refractivity contribution is 7.09. The number of hydrogen-bond donors (Lipinski definition) is 0. The Morgan fingerprint density at radius 3 is 2.93 bits per heavy atom. The molecule has 4 rings (SSSR count). The molecule has 0 radical (unpaired) electrons. The number of aryl methyl sites for hydroxylation is 1. The molecule has 0 N–H and O–H groups in total. The Kier molecular flexibility index (Phi) is 6.13. The summed E-state index contributed by atoms with van der Waals surface area (Å²) < 4.78 is 20.2. The van der Waals surface area contributed by atoms with Crippen molar-refractivity contribution < 1.29 is 13.7 Å². The summed E-state index contributed by atoms with van der Waals surface area (Å²) in [7, 11) is 1.82. The van der Waals surface area contributed by atoms with E-state index in [1.165, 1.54) is 6.07 Å². The molecule has 1 amide bonds. The summed E-state index contributed by atoms with van der Waals surface area (Å²) in [5.74, 6) is 0.539. The molecule has 8 heteroatoms. The number of piperidine rings is 1. The van der Waals surface area contributed by atoms with Crippen LogP contribution in [0, 0.1) is 5.82 Å². The van der Waals surface area contributed by atoms with E-state index in [0.29, 0.717) is 42.5 Å². The largest absolute Gasteiger partial charge is 0.357 e. The molecule has 1 saturated heterocycles. The van der Waals surface area contributed by atoms with Crippen molar-refractivity contribution in [2.24, 2.45) is 0 Å². The van der Waals surface area contributed by atoms with Crippen molar-refractivity contribution in [3.8, 4) is 11.4 Å². The van der Waals surface area contributed by atoms with Crippen LogP contribution in [-0.4, -0.2) is 40.6 Å². The van der Waals surface area contributed by atoms with E-state index in [0.717, 1.165) is 24.1 Å². The van der Waals surface area contributed by atoms with Crippen molar-refractivity contribution in [3.63, 3.8) is 0 Å². The maximum absolute atomic E-state index is 15.1. The van der Waals surface area contributed by atoms with Crippen LogP contribution in [0.3, 0.4) is 0 Å². The van der Waals surface area contributed by atoms with Crippen LogP contribution in [0.2, 0.25) is 0 Å². The van der Waals surface area contributed by atoms with Gasteiger partial charge in [0.25, 0.3) is 0 Å². The molecule has 1 atom stereocenters. The maximum Gasteiger partial charge on any atom is 0.245 e. The second-order valence-corrected chi connectivity index (χ2v) is 8.54. The third-order valence-corrected chi connectivity index (χ3v) is 6.28. The number of carbonyl (C=O) groups excluding carboxylic acids is 1. The van der Waals surface area contributed by atoms with Crippen LogP contribution in [0.15, 0.2) is 40.2 Å². The highest BCUT2D eigenvalue weighted by atomic mass is 32.1. The summed E-state index contributed by atoms with van der Waals surface area (Å²) >= 11 is 1.63. The number of aromatic nitrogens is 2. The quantitative estimate of drug-likeness (QED) is 0.578. The highest BCUT2D eigenvalue weighted by Crippen LogP contribution is 2.31. The zero-order valence-corrected chi connectivity index (χ0v) is 18.0. The minimum absolute atomic E-state index is 0.0253. The number of carbonyl (C=O) groups is 1. The molecule has 1 aromatic carbocycles. The van der Waals surface area contributed by atoms with Gasteiger partial charge < -0.3 is 14.3 Å². The summed E-state index contributed by atoms with van der Waals surface area (Å²) in [5, 5.41) is 5.92. The molecule has 0 spiro atoms. The molecular formula is C22H25FN4O2S. The zero-order chi connectivity index (χ0) is 21.1. The molecule has 6 nitrogen and oxygen atoms in total. The van der Waals surface area contributed by atoms with Crippen LogP contribution < -0.4 is 4.90 Å². The van der Waals surface area contributed by atoms with Crippen molar-refractivity contribution in [2.75, 3.05) is 18.5 Å². The normalized spacial score (nSPS) is 16.6. The van der Waals surface area contributed by atoms with Crippen molar-refractivity contribution in [2.45, 2.75) is 45.2 Å². The number of halogens is 1. The van der Waals surface area contributed by atoms with E-state index in [1.54, 1.807) is 28.4 Å². The fourth-order valence-corrected chi connectivity index (χ4v) is 4.60. The Labute approximate surface area is 179 Å². The number of hydrogen-bond acceptors (Lipinski definition) is 6. The molecule has 0 aliphatic carbocycles. The number of anilines is 1. The van der Waals surface area contributed by atoms with Gasteiger partial charge in [0.05, 0.1) is 12.2 Å². The lowest BCUT2D eigenvalue weighted by molar-refractivity contribution is -0.132. The molecule has 158 valence electrons. The summed E-state index contributed by atoms with van der Waals surface area (Å²) in [6.07, 6.45) is 3.25. The average molecular weight is 429 g/mol. The molecule has 3 aromatic rings. The van der Waals surface area contributed by atoms with Crippen LogP contribution in [0.5, 0.6) is 0 Å². The third-order valence-electron chi connectivity index (χ3n) is 5.42. The summed E-state index contributed by atoms with van der Waals surface area (Å²) in [6, 6.07) is 8.57. The van der Waals surface area contributed by atoms with E-state index >= 15 is 4.39 Å². The minimum Gasteiger partial charge on any atom is -0.357 e. The molecule has 30 heavy (non-hydrogen) atoms. The first kappa shape index (κ1) is 20.5. The average Bonchev–Trinajstić information content (AvgIpc) is 3.45. The molecule has 3 heterocycles. The Morgan fingerprint density at radius 2 is 2.23 bits per heavy atom. The molecule has 1 unspecified atom stereocenters. The topological polar surface area (TPSA) is 62.5 Å². The summed E-state index contributed by atoms with van der Waals surface area (Å²) in [6.45, 7) is 3.14. The minimum atomic E-state index is -0.379. The van der Waals surface area contributed by atoms with E-state index in [-0.39, 0.29) is 17.8 Å². The van der Waals surface area contributed by atoms with Gasteiger partial charge in [-0.15, -0.1) is 11.3 Å². The van der Waals surface area contributed by atoms with E-state index in [2.05, 4.69) is 10.1 Å². The molecule has 1 aliphatic heterocycles. The van der Waals surface area contributed by atoms with E-state index in [9.17, 15) is 4.79 Å². The number of nitrogens with zero attached hydrogens (tertiary/aromatic N) is 4. The number of benzene rings is 1. The van der Waals surface area contributed by atoms with Gasteiger partial charge in [-0.1, -0.05) is 18.1 Å². The SMILES string of the molecule is CCc1nc(-c2ccc(N3CCCCC3C(=O)N(C)Cc3cccs3)c(F)c2)no1. The van der Waals surface area contributed by atoms with E-state index < -0.39 is 0 Å². The van der Waals surface area contributed by atoms with E-state index in [1.807, 2.05) is 36.4 Å². The highest BCUT2D eigenvalue weighted by Gasteiger charge is 2.32. The van der Waals surface area contributed by atoms with Gasteiger partial charge in [0.15, 0.2) is 0 Å². The van der Waals surface area contributed by atoms with Crippen LogP contribution in [-0.2, 0) is 17.8 Å². The predicted molar refractivity (Wildman–Crippen MR) is 115 cm³/mol. The van der Waals surface area contributed by atoms with Crippen molar-refractivity contribution in [1.82, 2.24) is 15.0 Å². The van der Waals surface area contributed by atoms with Gasteiger partial charge in [-0.2, -0.15) is 4.98 Å². The molecule has 1 aliphatic rings. The summed E-state index contributed by atoms with van der Waals surface area (Å²) in [4.78, 5) is 22.2. The fraction of sp³-hybridized carbons (Fsp3) is 0.409. The van der Waals surface area contributed by atoms with E-state index in [4.69, 9.17) is 4.52 Å². The Morgan fingerprint density at radius 1 is 1.37 bits per heavy atom. The molecule has 2 aromatic heterocycles. The first-order valence-electron chi connectivity index (χ1n) is 10.2. The zero-order valence-electron chi connectivity index (χ0n) is 17.2. The Balaban J connectivity index is 1.55. The Hall–Kier alpha value is -2.74. The third kappa shape index (κ3) is 4.23. The lowest BCUT2D eigenvalue weighted by Crippen LogP contribution is -2.50. The number of thiophene rings is 1. The standard InChI is InChI=1S/C22H25FN4O2S/c1-3-20-24-21(25-29-20)15-9-10-18(17(23)13-15)27-11-5-4-8-19(27)22(28)26(2)14-16-7-6-12-30-16/h6-7,9-10,12-13,19H,3-5,8,11,14H2,1-2H3. The smallest absolute Gasteiger partial charge is 0.245 e. The fourth-order valence-electron chi connectivity index (χ4n) is 3.84. The monoisotopic (exact) mass is 428 g/mol. The van der Waals surface area contributed by atoms with Crippen LogP contribution in [0.4, 0.5) is 10.1 Å². The van der Waals surface area contributed by atoms with Gasteiger partial charge >= 0.3 is 0 Å². The molecule has 0 saturated carbocycles.